The molecule has 1 aromatic rings. The zero-order chi connectivity index (χ0) is 20.1. The molecule has 4 N–H and O–H groups in total. The number of benzene rings is 1. The van der Waals surface area contributed by atoms with Crippen LogP contribution in [0.5, 0.6) is 0 Å². The van der Waals surface area contributed by atoms with Crippen LogP contribution in [-0.4, -0.2) is 41.9 Å². The van der Waals surface area contributed by atoms with Gasteiger partial charge in [0.1, 0.15) is 0 Å². The van der Waals surface area contributed by atoms with E-state index >= 15 is 0 Å². The summed E-state index contributed by atoms with van der Waals surface area (Å²) in [6.07, 6.45) is 7.39. The van der Waals surface area contributed by atoms with Gasteiger partial charge >= 0.3 is 0 Å². The number of nitrogens with zero attached hydrogens (tertiary/aromatic N) is 1. The number of anilines is 2. The summed E-state index contributed by atoms with van der Waals surface area (Å²) < 4.78 is 0. The zero-order valence-electron chi connectivity index (χ0n) is 18.0. The fourth-order valence-electron chi connectivity index (χ4n) is 4.36. The van der Waals surface area contributed by atoms with Gasteiger partial charge in [-0.25, -0.2) is 0 Å². The summed E-state index contributed by atoms with van der Waals surface area (Å²) in [6, 6.07) is 5.65. The summed E-state index contributed by atoms with van der Waals surface area (Å²) in [7, 11) is 0. The zero-order valence-corrected chi connectivity index (χ0v) is 19.7. The third kappa shape index (κ3) is 7.12. The lowest BCUT2D eigenvalue weighted by molar-refractivity contribution is -0.122. The summed E-state index contributed by atoms with van der Waals surface area (Å²) in [5.41, 5.74) is 8.33. The van der Waals surface area contributed by atoms with Crippen molar-refractivity contribution in [2.45, 2.75) is 64.3 Å². The van der Waals surface area contributed by atoms with Crippen molar-refractivity contribution in [1.82, 2.24) is 4.90 Å². The Balaban J connectivity index is 0.00000225. The van der Waals surface area contributed by atoms with Gasteiger partial charge < -0.3 is 16.4 Å². The van der Waals surface area contributed by atoms with E-state index in [2.05, 4.69) is 15.5 Å². The lowest BCUT2D eigenvalue weighted by Crippen LogP contribution is -2.51. The second kappa shape index (κ2) is 11.9. The van der Waals surface area contributed by atoms with E-state index in [1.54, 1.807) is 0 Å². The number of hydrogen-bond acceptors (Lipinski definition) is 4. The fraction of sp³-hybridized carbons (Fsp3) is 0.636. The van der Waals surface area contributed by atoms with Crippen molar-refractivity contribution >= 4 is 48.0 Å². The normalized spacial score (nSPS) is 24.2. The van der Waals surface area contributed by atoms with E-state index in [1.807, 2.05) is 32.0 Å². The molecule has 30 heavy (non-hydrogen) atoms. The second-order valence-electron chi connectivity index (χ2n) is 8.71. The summed E-state index contributed by atoms with van der Waals surface area (Å²) in [4.78, 5) is 27.4. The highest BCUT2D eigenvalue weighted by Crippen LogP contribution is 2.32. The number of nitrogens with one attached hydrogen (secondary N) is 2. The lowest BCUT2D eigenvalue weighted by atomic mass is 9.74. The Labute approximate surface area is 192 Å². The standard InChI is InChI=1S/C22H34N4O2.2ClH/c1-16-9-10-17(24-21(28)18-8-4-5-11-22(18,2)23)14-19(16)25-20(27)15-26-12-6-3-7-13-26;;/h9-10,14,18H,3-8,11-13,15,23H2,1-2H3,(H,24,28)(H,25,27);2*1H. The molecule has 2 amide bonds. The second-order valence-corrected chi connectivity index (χ2v) is 8.71. The van der Waals surface area contributed by atoms with Crippen molar-refractivity contribution in [2.75, 3.05) is 30.3 Å². The van der Waals surface area contributed by atoms with Gasteiger partial charge in [0.05, 0.1) is 12.5 Å². The van der Waals surface area contributed by atoms with E-state index in [9.17, 15) is 9.59 Å². The Morgan fingerprint density at radius 3 is 2.47 bits per heavy atom. The quantitative estimate of drug-likeness (QED) is 0.619. The van der Waals surface area contributed by atoms with Crippen LogP contribution in [0.2, 0.25) is 0 Å². The number of amides is 2. The fourth-order valence-corrected chi connectivity index (χ4v) is 4.36. The lowest BCUT2D eigenvalue weighted by Gasteiger charge is -2.37. The average Bonchev–Trinajstić information content (AvgIpc) is 2.64. The monoisotopic (exact) mass is 458 g/mol. The molecular weight excluding hydrogens is 423 g/mol. The van der Waals surface area contributed by atoms with Crippen LogP contribution in [0.25, 0.3) is 0 Å². The number of aryl methyl sites for hydroxylation is 1. The maximum absolute atomic E-state index is 12.8. The van der Waals surface area contributed by atoms with E-state index < -0.39 is 5.54 Å². The van der Waals surface area contributed by atoms with E-state index in [0.717, 1.165) is 62.9 Å². The van der Waals surface area contributed by atoms with Crippen LogP contribution in [0, 0.1) is 12.8 Å². The molecule has 170 valence electrons. The Kier molecular flexibility index (Phi) is 10.6. The van der Waals surface area contributed by atoms with E-state index in [1.165, 1.54) is 6.42 Å². The number of halogens is 2. The minimum absolute atomic E-state index is 0. The molecule has 2 unspecified atom stereocenters. The van der Waals surface area contributed by atoms with Crippen molar-refractivity contribution in [3.63, 3.8) is 0 Å². The highest BCUT2D eigenvalue weighted by atomic mass is 35.5. The molecule has 8 heteroatoms. The van der Waals surface area contributed by atoms with Gasteiger partial charge in [0.2, 0.25) is 11.8 Å². The summed E-state index contributed by atoms with van der Waals surface area (Å²) in [5.74, 6) is -0.214. The molecule has 0 bridgehead atoms. The molecule has 1 aromatic carbocycles. The van der Waals surface area contributed by atoms with Gasteiger partial charge in [-0.3, -0.25) is 14.5 Å². The maximum atomic E-state index is 12.8. The molecule has 1 saturated carbocycles. The molecule has 2 atom stereocenters. The Hall–Kier alpha value is -1.34. The number of likely N-dealkylation sites (tertiary alicyclic amines) is 1. The molecule has 1 aliphatic carbocycles. The highest BCUT2D eigenvalue weighted by Gasteiger charge is 2.37. The van der Waals surface area contributed by atoms with Crippen molar-refractivity contribution in [2.24, 2.45) is 11.7 Å². The average molecular weight is 459 g/mol. The van der Waals surface area contributed by atoms with Crippen LogP contribution in [0.15, 0.2) is 18.2 Å². The highest BCUT2D eigenvalue weighted by molar-refractivity contribution is 5.96. The van der Waals surface area contributed by atoms with Gasteiger partial charge in [0.25, 0.3) is 0 Å². The first-order chi connectivity index (χ1) is 13.3. The predicted octanol–water partition coefficient (Wildman–Crippen LogP) is 4.11. The number of nitrogens with two attached hydrogens (primary N) is 1. The molecule has 0 aromatic heterocycles. The van der Waals surface area contributed by atoms with Crippen LogP contribution in [0.1, 0.15) is 57.4 Å². The van der Waals surface area contributed by atoms with Gasteiger partial charge in [-0.2, -0.15) is 0 Å². The Morgan fingerprint density at radius 2 is 1.80 bits per heavy atom. The maximum Gasteiger partial charge on any atom is 0.238 e. The third-order valence-electron chi connectivity index (χ3n) is 6.17. The van der Waals surface area contributed by atoms with Crippen molar-refractivity contribution in [3.05, 3.63) is 23.8 Å². The number of carbonyl (C=O) groups is 2. The molecule has 1 aliphatic heterocycles. The molecule has 6 nitrogen and oxygen atoms in total. The van der Waals surface area contributed by atoms with E-state index in [0.29, 0.717) is 12.2 Å². The van der Waals surface area contributed by atoms with Crippen molar-refractivity contribution in [3.8, 4) is 0 Å². The van der Waals surface area contributed by atoms with E-state index in [4.69, 9.17) is 5.73 Å². The van der Waals surface area contributed by atoms with Crippen LogP contribution >= 0.6 is 24.8 Å². The first kappa shape index (κ1) is 26.7. The summed E-state index contributed by atoms with van der Waals surface area (Å²) in [5, 5.41) is 6.02. The first-order valence-corrected chi connectivity index (χ1v) is 10.6. The molecule has 3 rings (SSSR count). The van der Waals surface area contributed by atoms with Crippen LogP contribution < -0.4 is 16.4 Å². The van der Waals surface area contributed by atoms with Gasteiger partial charge in [-0.05, 0) is 70.3 Å². The van der Waals surface area contributed by atoms with Crippen molar-refractivity contribution in [1.29, 1.82) is 0 Å². The molecule has 1 heterocycles. The number of rotatable bonds is 5. The Bertz CT molecular complexity index is 721. The Morgan fingerprint density at radius 1 is 1.10 bits per heavy atom. The van der Waals surface area contributed by atoms with E-state index in [-0.39, 0.29) is 42.5 Å². The molecular formula is C22H36Cl2N4O2. The minimum atomic E-state index is -0.460. The summed E-state index contributed by atoms with van der Waals surface area (Å²) in [6.45, 7) is 6.32. The van der Waals surface area contributed by atoms with Crippen molar-refractivity contribution < 1.29 is 9.59 Å². The van der Waals surface area contributed by atoms with Crippen LogP contribution in [0.3, 0.4) is 0 Å². The third-order valence-corrected chi connectivity index (χ3v) is 6.17. The SMILES string of the molecule is Cc1ccc(NC(=O)C2CCCCC2(C)N)cc1NC(=O)CN1CCCCC1.Cl.Cl. The molecule has 2 fully saturated rings. The minimum Gasteiger partial charge on any atom is -0.326 e. The number of carbonyl (C=O) groups excluding carboxylic acids is 2. The van der Waals surface area contributed by atoms with Gasteiger partial charge in [-0.15, -0.1) is 24.8 Å². The summed E-state index contributed by atoms with van der Waals surface area (Å²) >= 11 is 0. The van der Waals surface area contributed by atoms with Crippen LogP contribution in [0.4, 0.5) is 11.4 Å². The number of hydrogen-bond donors (Lipinski definition) is 3. The predicted molar refractivity (Wildman–Crippen MR) is 128 cm³/mol. The van der Waals surface area contributed by atoms with Gasteiger partial charge in [0.15, 0.2) is 0 Å². The molecule has 2 aliphatic rings. The number of piperidine rings is 1. The van der Waals surface area contributed by atoms with Gasteiger partial charge in [0, 0.05) is 16.9 Å². The largest absolute Gasteiger partial charge is 0.326 e. The molecule has 1 saturated heterocycles. The first-order valence-electron chi connectivity index (χ1n) is 10.6. The van der Waals surface area contributed by atoms with Crippen LogP contribution in [-0.2, 0) is 9.59 Å². The van der Waals surface area contributed by atoms with Gasteiger partial charge in [-0.1, -0.05) is 25.3 Å². The topological polar surface area (TPSA) is 87.5 Å². The molecule has 0 spiro atoms. The smallest absolute Gasteiger partial charge is 0.238 e. The molecule has 0 radical (unpaired) electrons.